The average molecular weight is 604 g/mol. The molecular weight excluding hydrogens is 565 g/mol. The lowest BCUT2D eigenvalue weighted by Gasteiger charge is -2.37. The van der Waals surface area contributed by atoms with Crippen molar-refractivity contribution in [1.29, 1.82) is 0 Å². The number of carbonyl (C=O) groups excluding carboxylic acids is 2. The normalized spacial score (nSPS) is 22.2. The van der Waals surface area contributed by atoms with Gasteiger partial charge in [-0.15, -0.1) is 0 Å². The summed E-state index contributed by atoms with van der Waals surface area (Å²) in [4.78, 5) is 28.4. The van der Waals surface area contributed by atoms with Gasteiger partial charge in [0.15, 0.2) is 0 Å². The number of piperidine rings is 1. The Morgan fingerprint density at radius 3 is 2.27 bits per heavy atom. The molecule has 0 radical (unpaired) electrons. The maximum absolute atomic E-state index is 15.0. The van der Waals surface area contributed by atoms with Crippen LogP contribution >= 0.6 is 0 Å². The number of fused-ring (bicyclic) bond motifs is 1. The predicted octanol–water partition coefficient (Wildman–Crippen LogP) is 6.24. The van der Waals surface area contributed by atoms with E-state index in [9.17, 15) is 14.7 Å². The van der Waals surface area contributed by atoms with Crippen LogP contribution in [0, 0.1) is 5.82 Å². The zero-order valence-electron chi connectivity index (χ0n) is 25.3. The summed E-state index contributed by atoms with van der Waals surface area (Å²) in [6.45, 7) is 4.15. The molecule has 0 saturated carbocycles. The van der Waals surface area contributed by atoms with Gasteiger partial charge in [-0.2, -0.15) is 0 Å². The van der Waals surface area contributed by atoms with Crippen LogP contribution in [-0.4, -0.2) is 48.0 Å². The number of nitrogens with zero attached hydrogens (tertiary/aromatic N) is 2. The molecule has 4 aromatic rings. The fourth-order valence-corrected chi connectivity index (χ4v) is 7.53. The van der Waals surface area contributed by atoms with Gasteiger partial charge in [-0.05, 0) is 83.3 Å². The summed E-state index contributed by atoms with van der Waals surface area (Å²) in [5.41, 5.74) is 7.63. The molecule has 0 aromatic heterocycles. The minimum Gasteiger partial charge on any atom is -0.508 e. The number of halogens is 1. The van der Waals surface area contributed by atoms with Gasteiger partial charge >= 0.3 is 0 Å². The molecule has 1 aliphatic carbocycles. The van der Waals surface area contributed by atoms with Gasteiger partial charge in [0.2, 0.25) is 11.8 Å². The molecule has 2 heterocycles. The fourth-order valence-electron chi connectivity index (χ4n) is 7.53. The number of imide groups is 1. The molecule has 0 spiro atoms. The van der Waals surface area contributed by atoms with Crippen LogP contribution in [-0.2, 0) is 22.6 Å². The van der Waals surface area contributed by atoms with E-state index in [-0.39, 0.29) is 24.1 Å². The number of anilines is 1. The third-order valence-corrected chi connectivity index (χ3v) is 9.89. The van der Waals surface area contributed by atoms with Crippen molar-refractivity contribution in [1.82, 2.24) is 10.2 Å². The summed E-state index contributed by atoms with van der Waals surface area (Å²) in [6.07, 6.45) is 2.58. The first-order valence-corrected chi connectivity index (χ1v) is 16.0. The molecule has 7 rings (SSSR count). The maximum atomic E-state index is 15.0. The molecule has 2 saturated heterocycles. The predicted molar refractivity (Wildman–Crippen MR) is 173 cm³/mol. The lowest BCUT2D eigenvalue weighted by molar-refractivity contribution is -0.134. The highest BCUT2D eigenvalue weighted by Crippen LogP contribution is 2.47. The van der Waals surface area contributed by atoms with Crippen molar-refractivity contribution in [2.45, 2.75) is 50.0 Å². The molecule has 2 aliphatic heterocycles. The van der Waals surface area contributed by atoms with E-state index in [4.69, 9.17) is 0 Å². The Hall–Kier alpha value is -4.49. The summed E-state index contributed by atoms with van der Waals surface area (Å²) < 4.78 is 15.0. The zero-order valence-corrected chi connectivity index (χ0v) is 25.3. The first-order valence-electron chi connectivity index (χ1n) is 16.0. The van der Waals surface area contributed by atoms with Gasteiger partial charge < -0.3 is 10.0 Å². The molecule has 7 heteroatoms. The summed E-state index contributed by atoms with van der Waals surface area (Å²) in [5.74, 6) is -0.775. The van der Waals surface area contributed by atoms with E-state index in [0.29, 0.717) is 30.2 Å². The smallest absolute Gasteiger partial charge is 0.234 e. The standard InChI is InChI=1S/C38H38FN3O3/c39-35-22-25(6-13-33(35)34-16-17-36(44)40-38(34)45)24-41-18-20-42(21-19-41)29-10-7-27(8-11-29)37-31(26-4-2-1-3-5-26)14-9-28-23-30(43)12-15-32(28)37/h1-8,10-13,15,22-23,31,34,37,43H,9,14,16-21,24H2,(H,40,44,45)/t31-,34?,37+/m0/s1. The van der Waals surface area contributed by atoms with Crippen LogP contribution in [0.3, 0.4) is 0 Å². The van der Waals surface area contributed by atoms with Crippen molar-refractivity contribution in [2.24, 2.45) is 0 Å². The monoisotopic (exact) mass is 603 g/mol. The molecule has 3 atom stereocenters. The van der Waals surface area contributed by atoms with Gasteiger partial charge in [-0.25, -0.2) is 4.39 Å². The highest BCUT2D eigenvalue weighted by Gasteiger charge is 2.33. The van der Waals surface area contributed by atoms with E-state index in [0.717, 1.165) is 44.6 Å². The number of nitrogens with one attached hydrogen (secondary N) is 1. The van der Waals surface area contributed by atoms with Crippen LogP contribution < -0.4 is 10.2 Å². The topological polar surface area (TPSA) is 72.9 Å². The Morgan fingerprint density at radius 2 is 1.53 bits per heavy atom. The molecule has 1 unspecified atom stereocenters. The number of piperazine rings is 1. The van der Waals surface area contributed by atoms with Crippen LogP contribution in [0.4, 0.5) is 10.1 Å². The van der Waals surface area contributed by atoms with Crippen molar-refractivity contribution in [3.63, 3.8) is 0 Å². The minimum atomic E-state index is -0.614. The van der Waals surface area contributed by atoms with Crippen LogP contribution in [0.2, 0.25) is 0 Å². The number of phenols is 1. The molecule has 3 aliphatic rings. The number of aryl methyl sites for hydroxylation is 1. The Bertz CT molecular complexity index is 1700. The van der Waals surface area contributed by atoms with Gasteiger partial charge in [-0.3, -0.25) is 19.8 Å². The van der Waals surface area contributed by atoms with Crippen LogP contribution in [0.5, 0.6) is 5.75 Å². The maximum Gasteiger partial charge on any atom is 0.234 e. The second-order valence-electron chi connectivity index (χ2n) is 12.6. The summed E-state index contributed by atoms with van der Waals surface area (Å²) >= 11 is 0. The molecular formula is C38H38FN3O3. The second-order valence-corrected chi connectivity index (χ2v) is 12.6. The number of rotatable bonds is 6. The lowest BCUT2D eigenvalue weighted by Crippen LogP contribution is -2.46. The van der Waals surface area contributed by atoms with Crippen molar-refractivity contribution in [3.05, 3.63) is 130 Å². The van der Waals surface area contributed by atoms with Crippen molar-refractivity contribution >= 4 is 17.5 Å². The number of benzene rings is 4. The first-order chi connectivity index (χ1) is 21.9. The van der Waals surface area contributed by atoms with E-state index in [1.165, 1.54) is 34.0 Å². The average Bonchev–Trinajstić information content (AvgIpc) is 3.05. The number of aromatic hydroxyl groups is 1. The number of hydrogen-bond acceptors (Lipinski definition) is 5. The first kappa shape index (κ1) is 29.2. The minimum absolute atomic E-state index is 0.226. The summed E-state index contributed by atoms with van der Waals surface area (Å²) in [7, 11) is 0. The number of phenolic OH excluding ortho intramolecular Hbond substituents is 1. The van der Waals surface area contributed by atoms with Crippen LogP contribution in [0.25, 0.3) is 0 Å². The number of hydrogen-bond donors (Lipinski definition) is 2. The molecule has 45 heavy (non-hydrogen) atoms. The van der Waals surface area contributed by atoms with Crippen molar-refractivity contribution in [2.75, 3.05) is 31.1 Å². The third kappa shape index (κ3) is 6.09. The Labute approximate surface area is 263 Å². The van der Waals surface area contributed by atoms with E-state index < -0.39 is 11.8 Å². The second kappa shape index (κ2) is 12.5. The largest absolute Gasteiger partial charge is 0.508 e. The Morgan fingerprint density at radius 1 is 0.778 bits per heavy atom. The van der Waals surface area contributed by atoms with Gasteiger partial charge in [0, 0.05) is 56.3 Å². The molecule has 4 aromatic carbocycles. The third-order valence-electron chi connectivity index (χ3n) is 9.89. The molecule has 2 N–H and O–H groups in total. The van der Waals surface area contributed by atoms with E-state index in [1.807, 2.05) is 18.2 Å². The number of carbonyl (C=O) groups is 2. The SMILES string of the molecule is O=C1CCC(c2ccc(CN3CCN(c4ccc([C@H]5c6ccc(O)cc6CC[C@H]5c5ccccc5)cc4)CC3)cc2F)C(=O)N1. The van der Waals surface area contributed by atoms with Crippen LogP contribution in [0.1, 0.15) is 70.4 Å². The van der Waals surface area contributed by atoms with Crippen molar-refractivity contribution in [3.8, 4) is 5.75 Å². The molecule has 230 valence electrons. The molecule has 6 nitrogen and oxygen atoms in total. The highest BCUT2D eigenvalue weighted by molar-refractivity contribution is 6.00. The fraction of sp³-hybridized carbons (Fsp3) is 0.316. The van der Waals surface area contributed by atoms with Gasteiger partial charge in [0.25, 0.3) is 0 Å². The van der Waals surface area contributed by atoms with Gasteiger partial charge in [0.05, 0.1) is 5.92 Å². The van der Waals surface area contributed by atoms with Gasteiger partial charge in [0.1, 0.15) is 11.6 Å². The van der Waals surface area contributed by atoms with E-state index >= 15 is 4.39 Å². The van der Waals surface area contributed by atoms with E-state index in [1.54, 1.807) is 6.07 Å². The number of amides is 2. The molecule has 0 bridgehead atoms. The van der Waals surface area contributed by atoms with Crippen LogP contribution in [0.15, 0.2) is 91.0 Å². The van der Waals surface area contributed by atoms with Crippen molar-refractivity contribution < 1.29 is 19.1 Å². The molecule has 2 amide bonds. The Kier molecular flexibility index (Phi) is 8.11. The summed E-state index contributed by atoms with van der Waals surface area (Å²) in [5, 5.41) is 12.5. The zero-order chi connectivity index (χ0) is 30.9. The van der Waals surface area contributed by atoms with Gasteiger partial charge in [-0.1, -0.05) is 60.7 Å². The Balaban J connectivity index is 1.01. The van der Waals surface area contributed by atoms with E-state index in [2.05, 4.69) is 75.8 Å². The molecule has 2 fully saturated rings. The quantitative estimate of drug-likeness (QED) is 0.256. The lowest BCUT2D eigenvalue weighted by atomic mass is 9.69. The highest BCUT2D eigenvalue weighted by atomic mass is 19.1. The summed E-state index contributed by atoms with van der Waals surface area (Å²) in [6, 6.07) is 30.8.